The van der Waals surface area contributed by atoms with E-state index in [9.17, 15) is 9.18 Å². The van der Waals surface area contributed by atoms with Crippen LogP contribution < -0.4 is 0 Å². The van der Waals surface area contributed by atoms with E-state index in [-0.39, 0.29) is 17.8 Å². The molecule has 0 fully saturated rings. The van der Waals surface area contributed by atoms with Crippen molar-refractivity contribution in [3.05, 3.63) is 65.3 Å². The molecule has 0 saturated heterocycles. The Labute approximate surface area is 138 Å². The number of aromatic nitrogens is 2. The smallest absolute Gasteiger partial charge is 0.275 e. The highest BCUT2D eigenvalue weighted by Gasteiger charge is 2.42. The van der Waals surface area contributed by atoms with Crippen molar-refractivity contribution in [2.45, 2.75) is 19.4 Å². The molecule has 1 N–H and O–H groups in total. The Morgan fingerprint density at radius 3 is 2.75 bits per heavy atom. The maximum atomic E-state index is 13.3. The summed E-state index contributed by atoms with van der Waals surface area (Å²) in [6, 6.07) is 9.56. The number of carbonyl (C=O) groups excluding carboxylic acids is 1. The minimum absolute atomic E-state index is 0.116. The molecule has 6 heteroatoms. The molecule has 24 heavy (non-hydrogen) atoms. The molecule has 3 aromatic rings. The van der Waals surface area contributed by atoms with Crippen LogP contribution in [0.15, 0.2) is 47.1 Å². The molecule has 1 aliphatic heterocycles. The van der Waals surface area contributed by atoms with Gasteiger partial charge in [-0.1, -0.05) is 19.1 Å². The van der Waals surface area contributed by atoms with E-state index >= 15 is 0 Å². The second-order valence-electron chi connectivity index (χ2n) is 5.79. The quantitative estimate of drug-likeness (QED) is 0.794. The van der Waals surface area contributed by atoms with E-state index < -0.39 is 0 Å². The topological polar surface area (TPSA) is 62.1 Å². The molecule has 0 spiro atoms. The van der Waals surface area contributed by atoms with Crippen molar-refractivity contribution in [2.75, 3.05) is 6.54 Å². The molecule has 3 heterocycles. The number of carbonyl (C=O) groups is 1. The summed E-state index contributed by atoms with van der Waals surface area (Å²) in [5, 5.41) is 7.13. The van der Waals surface area contributed by atoms with E-state index in [0.29, 0.717) is 23.7 Å². The second kappa shape index (κ2) is 5.63. The largest absolute Gasteiger partial charge is 0.463 e. The van der Waals surface area contributed by atoms with Gasteiger partial charge in [0.05, 0.1) is 12.3 Å². The molecule has 1 aliphatic rings. The molecular formula is C18H16FN3O2. The number of fused-ring (bicyclic) bond motifs is 1. The van der Waals surface area contributed by atoms with Gasteiger partial charge in [0.2, 0.25) is 0 Å². The highest BCUT2D eigenvalue weighted by atomic mass is 19.1. The van der Waals surface area contributed by atoms with Crippen molar-refractivity contribution in [3.8, 4) is 11.5 Å². The average molecular weight is 325 g/mol. The fourth-order valence-corrected chi connectivity index (χ4v) is 3.26. The van der Waals surface area contributed by atoms with E-state index in [1.54, 1.807) is 29.4 Å². The first-order valence-corrected chi connectivity index (χ1v) is 7.89. The van der Waals surface area contributed by atoms with Crippen molar-refractivity contribution in [3.63, 3.8) is 0 Å². The van der Waals surface area contributed by atoms with Gasteiger partial charge in [0.1, 0.15) is 11.5 Å². The van der Waals surface area contributed by atoms with Crippen molar-refractivity contribution in [1.29, 1.82) is 0 Å². The van der Waals surface area contributed by atoms with Gasteiger partial charge < -0.3 is 9.32 Å². The van der Waals surface area contributed by atoms with E-state index in [1.807, 2.05) is 13.0 Å². The van der Waals surface area contributed by atoms with Crippen molar-refractivity contribution < 1.29 is 13.6 Å². The number of aromatic amines is 1. The predicted octanol–water partition coefficient (Wildman–Crippen LogP) is 3.76. The van der Waals surface area contributed by atoms with Gasteiger partial charge >= 0.3 is 0 Å². The van der Waals surface area contributed by atoms with Crippen LogP contribution in [0.2, 0.25) is 0 Å². The maximum absolute atomic E-state index is 13.3. The van der Waals surface area contributed by atoms with Crippen LogP contribution in [0.5, 0.6) is 0 Å². The minimum Gasteiger partial charge on any atom is -0.463 e. The van der Waals surface area contributed by atoms with Crippen LogP contribution >= 0.6 is 0 Å². The zero-order valence-electron chi connectivity index (χ0n) is 13.1. The SMILES string of the molecule is CCCN1C(=O)c2n[nH]c(-c3ccco3)c2[C@H]1c1ccc(F)cc1. The highest BCUT2D eigenvalue weighted by molar-refractivity contribution is 5.99. The fourth-order valence-electron chi connectivity index (χ4n) is 3.26. The Bertz CT molecular complexity index is 868. The highest BCUT2D eigenvalue weighted by Crippen LogP contribution is 2.42. The molecule has 1 amide bonds. The number of rotatable bonds is 4. The Hall–Kier alpha value is -2.89. The molecule has 0 bridgehead atoms. The van der Waals surface area contributed by atoms with Crippen LogP contribution in [-0.4, -0.2) is 27.5 Å². The lowest BCUT2D eigenvalue weighted by Gasteiger charge is -2.25. The Morgan fingerprint density at radius 2 is 2.08 bits per heavy atom. The fraction of sp³-hybridized carbons (Fsp3) is 0.222. The summed E-state index contributed by atoms with van der Waals surface area (Å²) in [4.78, 5) is 14.5. The van der Waals surface area contributed by atoms with E-state index in [0.717, 1.165) is 17.5 Å². The van der Waals surface area contributed by atoms with Crippen molar-refractivity contribution in [1.82, 2.24) is 15.1 Å². The standard InChI is InChI=1S/C18H16FN3O2/c1-2-9-22-17(11-5-7-12(19)8-6-11)14-15(13-4-3-10-24-13)20-21-16(14)18(22)23/h3-8,10,17H,2,9H2,1H3,(H,20,21)/t17-/m1/s1. The summed E-state index contributed by atoms with van der Waals surface area (Å²) in [5.41, 5.74) is 2.74. The molecule has 1 aromatic carbocycles. The normalized spacial score (nSPS) is 16.7. The van der Waals surface area contributed by atoms with Crippen LogP contribution in [0.1, 0.15) is 41.0 Å². The summed E-state index contributed by atoms with van der Waals surface area (Å²) < 4.78 is 18.8. The van der Waals surface area contributed by atoms with Gasteiger partial charge in [-0.05, 0) is 36.2 Å². The van der Waals surface area contributed by atoms with Gasteiger partial charge in [-0.3, -0.25) is 9.89 Å². The summed E-state index contributed by atoms with van der Waals surface area (Å²) >= 11 is 0. The molecule has 122 valence electrons. The van der Waals surface area contributed by atoms with Crippen molar-refractivity contribution in [2.24, 2.45) is 0 Å². The molecule has 1 atom stereocenters. The molecule has 4 rings (SSSR count). The Kier molecular flexibility index (Phi) is 3.45. The minimum atomic E-state index is -0.302. The first kappa shape index (κ1) is 14.7. The average Bonchev–Trinajstić information content (AvgIpc) is 3.28. The van der Waals surface area contributed by atoms with Gasteiger partial charge in [0.25, 0.3) is 5.91 Å². The molecule has 0 saturated carbocycles. The molecular weight excluding hydrogens is 309 g/mol. The van der Waals surface area contributed by atoms with Crippen LogP contribution in [-0.2, 0) is 0 Å². The number of H-pyrrole nitrogens is 1. The first-order chi connectivity index (χ1) is 11.7. The van der Waals surface area contributed by atoms with E-state index in [1.165, 1.54) is 12.1 Å². The number of nitrogens with zero attached hydrogens (tertiary/aromatic N) is 2. The Morgan fingerprint density at radius 1 is 1.29 bits per heavy atom. The molecule has 2 aromatic heterocycles. The van der Waals surface area contributed by atoms with Crippen LogP contribution in [0.4, 0.5) is 4.39 Å². The zero-order valence-corrected chi connectivity index (χ0v) is 13.1. The maximum Gasteiger partial charge on any atom is 0.275 e. The number of nitrogens with one attached hydrogen (secondary N) is 1. The summed E-state index contributed by atoms with van der Waals surface area (Å²) in [5.74, 6) is 0.209. The summed E-state index contributed by atoms with van der Waals surface area (Å²) in [6.07, 6.45) is 2.41. The lowest BCUT2D eigenvalue weighted by molar-refractivity contribution is 0.0744. The zero-order chi connectivity index (χ0) is 16.7. The van der Waals surface area contributed by atoms with Crippen LogP contribution in [0.25, 0.3) is 11.5 Å². The number of amides is 1. The molecule has 0 radical (unpaired) electrons. The molecule has 0 unspecified atom stereocenters. The lowest BCUT2D eigenvalue weighted by Crippen LogP contribution is -2.30. The van der Waals surface area contributed by atoms with Gasteiger partial charge in [-0.2, -0.15) is 5.10 Å². The van der Waals surface area contributed by atoms with Gasteiger partial charge in [0, 0.05) is 12.1 Å². The molecule has 5 nitrogen and oxygen atoms in total. The second-order valence-corrected chi connectivity index (χ2v) is 5.79. The number of benzene rings is 1. The van der Waals surface area contributed by atoms with Gasteiger partial charge in [0.15, 0.2) is 11.5 Å². The van der Waals surface area contributed by atoms with Crippen molar-refractivity contribution >= 4 is 5.91 Å². The summed E-state index contributed by atoms with van der Waals surface area (Å²) in [6.45, 7) is 2.62. The third kappa shape index (κ3) is 2.14. The van der Waals surface area contributed by atoms with Crippen LogP contribution in [0, 0.1) is 5.82 Å². The molecule has 0 aliphatic carbocycles. The van der Waals surface area contributed by atoms with E-state index in [4.69, 9.17) is 4.42 Å². The number of halogens is 1. The number of hydrogen-bond acceptors (Lipinski definition) is 3. The number of furan rings is 1. The van der Waals surface area contributed by atoms with Gasteiger partial charge in [-0.15, -0.1) is 0 Å². The Balaban J connectivity index is 1.89. The number of hydrogen-bond donors (Lipinski definition) is 1. The predicted molar refractivity (Wildman–Crippen MR) is 85.9 cm³/mol. The van der Waals surface area contributed by atoms with Crippen LogP contribution in [0.3, 0.4) is 0 Å². The first-order valence-electron chi connectivity index (χ1n) is 7.89. The monoisotopic (exact) mass is 325 g/mol. The summed E-state index contributed by atoms with van der Waals surface area (Å²) in [7, 11) is 0. The lowest BCUT2D eigenvalue weighted by atomic mass is 9.98. The van der Waals surface area contributed by atoms with E-state index in [2.05, 4.69) is 10.2 Å². The van der Waals surface area contributed by atoms with Gasteiger partial charge in [-0.25, -0.2) is 4.39 Å². The third-order valence-electron chi connectivity index (χ3n) is 4.27. The third-order valence-corrected chi connectivity index (χ3v) is 4.27.